The van der Waals surface area contributed by atoms with Gasteiger partial charge in [0.1, 0.15) is 5.60 Å². The second-order valence-corrected chi connectivity index (χ2v) is 12.1. The van der Waals surface area contributed by atoms with Crippen molar-refractivity contribution in [2.45, 2.75) is 74.4 Å². The molecule has 33 heavy (non-hydrogen) atoms. The van der Waals surface area contributed by atoms with E-state index < -0.39 is 21.4 Å². The zero-order chi connectivity index (χ0) is 23.7. The van der Waals surface area contributed by atoms with Gasteiger partial charge in [-0.05, 0) is 69.9 Å². The van der Waals surface area contributed by atoms with Crippen LogP contribution in [-0.4, -0.2) is 30.6 Å². The molecule has 5 rings (SSSR count). The lowest BCUT2D eigenvalue weighted by molar-refractivity contribution is 0.00675. The maximum absolute atomic E-state index is 13.8. The predicted molar refractivity (Wildman–Crippen MR) is 127 cm³/mol. The first-order chi connectivity index (χ1) is 15.5. The van der Waals surface area contributed by atoms with E-state index in [-0.39, 0.29) is 21.4 Å². The second kappa shape index (κ2) is 7.43. The van der Waals surface area contributed by atoms with Crippen LogP contribution in [0.5, 0.6) is 0 Å². The van der Waals surface area contributed by atoms with Gasteiger partial charge in [0.25, 0.3) is 0 Å². The normalized spacial score (nSPS) is 20.2. The Morgan fingerprint density at radius 3 is 2.52 bits per heavy atom. The number of carbonyl (C=O) groups is 1. The Kier molecular flexibility index (Phi) is 4.99. The molecule has 3 heterocycles. The summed E-state index contributed by atoms with van der Waals surface area (Å²) in [5, 5.41) is 4.38. The molecule has 2 atom stereocenters. The molecular weight excluding hydrogens is 436 g/mol. The fraction of sp³-hybridized carbons (Fsp3) is 0.423. The molecule has 3 aromatic rings. The molecule has 0 radical (unpaired) electrons. The minimum absolute atomic E-state index is 0.0153. The summed E-state index contributed by atoms with van der Waals surface area (Å²) in [6.45, 7) is 7.31. The van der Waals surface area contributed by atoms with Crippen molar-refractivity contribution in [3.63, 3.8) is 0 Å². The summed E-state index contributed by atoms with van der Waals surface area (Å²) >= 11 is 0. The number of fused-ring (bicyclic) bond motifs is 6. The first-order valence-electron chi connectivity index (χ1n) is 11.4. The van der Waals surface area contributed by atoms with Gasteiger partial charge in [-0.15, -0.1) is 0 Å². The van der Waals surface area contributed by atoms with E-state index >= 15 is 0 Å². The number of nitrogens with zero attached hydrogens (tertiary/aromatic N) is 1. The van der Waals surface area contributed by atoms with Crippen LogP contribution in [-0.2, 0) is 28.0 Å². The molecule has 0 aliphatic carbocycles. The van der Waals surface area contributed by atoms with Crippen molar-refractivity contribution in [3.05, 3.63) is 58.8 Å². The highest BCUT2D eigenvalue weighted by molar-refractivity contribution is 7.91. The lowest BCUT2D eigenvalue weighted by Gasteiger charge is -2.24. The monoisotopic (exact) mass is 466 g/mol. The highest BCUT2D eigenvalue weighted by Gasteiger charge is 2.40. The summed E-state index contributed by atoms with van der Waals surface area (Å²) in [4.78, 5) is 13.8. The molecule has 2 bridgehead atoms. The van der Waals surface area contributed by atoms with E-state index in [9.17, 15) is 13.2 Å². The number of rotatable bonds is 3. The molecule has 174 valence electrons. The molecule has 1 aromatic heterocycles. The average Bonchev–Trinajstić information content (AvgIpc) is 3.26. The van der Waals surface area contributed by atoms with Gasteiger partial charge in [0.05, 0.1) is 20.9 Å². The van der Waals surface area contributed by atoms with Crippen LogP contribution < -0.4 is 5.32 Å². The lowest BCUT2D eigenvalue weighted by Crippen LogP contribution is -2.32. The number of hydrogen-bond donors (Lipinski definition) is 1. The van der Waals surface area contributed by atoms with E-state index in [0.29, 0.717) is 11.4 Å². The average molecular weight is 467 g/mol. The van der Waals surface area contributed by atoms with E-state index in [0.717, 1.165) is 35.9 Å². The summed E-state index contributed by atoms with van der Waals surface area (Å²) in [5.41, 5.74) is 3.36. The van der Waals surface area contributed by atoms with Gasteiger partial charge in [0.15, 0.2) is 0 Å². The Bertz CT molecular complexity index is 1380. The van der Waals surface area contributed by atoms with Crippen LogP contribution in [0.15, 0.2) is 46.2 Å². The van der Waals surface area contributed by atoms with Crippen molar-refractivity contribution in [1.29, 1.82) is 0 Å². The number of hydrogen-bond acceptors (Lipinski definition) is 5. The van der Waals surface area contributed by atoms with Gasteiger partial charge in [-0.1, -0.05) is 18.2 Å². The number of carbonyl (C=O) groups excluding carboxylic acids is 1. The molecule has 2 aliphatic rings. The SMILES string of the molecule is Cc1cc(S(=O)(=O)c2ccccc2)c(C(=O)OC(C)(C)C)c2c3c(n(C)c12)CC1CCC3N1. The molecule has 0 saturated carbocycles. The second-order valence-electron chi connectivity index (χ2n) is 10.2. The number of aryl methyl sites for hydroxylation is 2. The smallest absolute Gasteiger partial charge is 0.340 e. The number of nitrogens with one attached hydrogen (secondary N) is 1. The number of benzene rings is 2. The van der Waals surface area contributed by atoms with E-state index in [2.05, 4.69) is 9.88 Å². The van der Waals surface area contributed by atoms with Crippen LogP contribution in [0.2, 0.25) is 0 Å². The number of sulfone groups is 1. The maximum atomic E-state index is 13.8. The van der Waals surface area contributed by atoms with Crippen molar-refractivity contribution < 1.29 is 17.9 Å². The standard InChI is InChI=1S/C26H30N2O4S/c1-15-13-20(33(30,31)17-9-7-6-8-10-17)22(25(29)32-26(2,3)4)23-21-18-12-11-16(27-18)14-19(21)28(5)24(15)23/h6-10,13,16,18,27H,11-12,14H2,1-5H3. The van der Waals surface area contributed by atoms with Gasteiger partial charge in [0, 0.05) is 36.6 Å². The van der Waals surface area contributed by atoms with Gasteiger partial charge in [-0.2, -0.15) is 0 Å². The fourth-order valence-electron chi connectivity index (χ4n) is 5.46. The quantitative estimate of drug-likeness (QED) is 0.570. The van der Waals surface area contributed by atoms with Gasteiger partial charge >= 0.3 is 5.97 Å². The molecule has 2 aliphatic heterocycles. The van der Waals surface area contributed by atoms with Crippen LogP contribution in [0.25, 0.3) is 10.9 Å². The third kappa shape index (κ3) is 3.49. The molecule has 2 unspecified atom stereocenters. The lowest BCUT2D eigenvalue weighted by atomic mass is 9.95. The molecule has 2 aromatic carbocycles. The van der Waals surface area contributed by atoms with Crippen molar-refractivity contribution >= 4 is 26.7 Å². The first-order valence-corrected chi connectivity index (χ1v) is 12.9. The van der Waals surface area contributed by atoms with E-state index in [1.54, 1.807) is 57.2 Å². The molecule has 1 fully saturated rings. The minimum Gasteiger partial charge on any atom is -0.456 e. The zero-order valence-electron chi connectivity index (χ0n) is 19.7. The van der Waals surface area contributed by atoms with Gasteiger partial charge in [0.2, 0.25) is 9.84 Å². The number of esters is 1. The molecule has 0 amide bonds. The Balaban J connectivity index is 1.89. The van der Waals surface area contributed by atoms with Gasteiger partial charge in [-0.3, -0.25) is 0 Å². The summed E-state index contributed by atoms with van der Waals surface area (Å²) < 4.78 is 35.6. The van der Waals surface area contributed by atoms with Gasteiger partial charge < -0.3 is 14.6 Å². The predicted octanol–water partition coefficient (Wildman–Crippen LogP) is 4.62. The molecule has 1 N–H and O–H groups in total. The summed E-state index contributed by atoms with van der Waals surface area (Å²) in [5.74, 6) is -0.601. The highest BCUT2D eigenvalue weighted by Crippen LogP contribution is 2.45. The first kappa shape index (κ1) is 22.2. The van der Waals surface area contributed by atoms with E-state index in [1.807, 2.05) is 14.0 Å². The Hall–Kier alpha value is -2.64. The summed E-state index contributed by atoms with van der Waals surface area (Å²) in [6.07, 6.45) is 2.91. The van der Waals surface area contributed by atoms with Crippen molar-refractivity contribution in [1.82, 2.24) is 9.88 Å². The molecule has 0 spiro atoms. The molecule has 1 saturated heterocycles. The fourth-order valence-corrected chi connectivity index (χ4v) is 7.02. The number of ether oxygens (including phenoxy) is 1. The van der Waals surface area contributed by atoms with Gasteiger partial charge in [-0.25, -0.2) is 13.2 Å². The Labute approximate surface area is 194 Å². The van der Waals surface area contributed by atoms with Crippen molar-refractivity contribution in [3.8, 4) is 0 Å². The largest absolute Gasteiger partial charge is 0.456 e. The van der Waals surface area contributed by atoms with Crippen LogP contribution in [0, 0.1) is 6.92 Å². The Morgan fingerprint density at radius 1 is 1.15 bits per heavy atom. The highest BCUT2D eigenvalue weighted by atomic mass is 32.2. The molecule has 7 heteroatoms. The minimum atomic E-state index is -3.95. The summed E-state index contributed by atoms with van der Waals surface area (Å²) in [6, 6.07) is 10.5. The van der Waals surface area contributed by atoms with Crippen molar-refractivity contribution in [2.24, 2.45) is 7.05 Å². The van der Waals surface area contributed by atoms with Crippen molar-refractivity contribution in [2.75, 3.05) is 0 Å². The Morgan fingerprint density at radius 2 is 1.85 bits per heavy atom. The third-order valence-corrected chi connectivity index (χ3v) is 8.54. The van der Waals surface area contributed by atoms with Crippen LogP contribution >= 0.6 is 0 Å². The molecule has 6 nitrogen and oxygen atoms in total. The topological polar surface area (TPSA) is 77.4 Å². The van der Waals surface area contributed by atoms with E-state index in [1.165, 1.54) is 5.69 Å². The van der Waals surface area contributed by atoms with Crippen LogP contribution in [0.1, 0.15) is 66.8 Å². The van der Waals surface area contributed by atoms with Crippen LogP contribution in [0.3, 0.4) is 0 Å². The van der Waals surface area contributed by atoms with Crippen LogP contribution in [0.4, 0.5) is 0 Å². The zero-order valence-corrected chi connectivity index (χ0v) is 20.5. The summed E-state index contributed by atoms with van der Waals surface area (Å²) in [7, 11) is -1.93. The molecular formula is C26H30N2O4S. The third-order valence-electron chi connectivity index (χ3n) is 6.75. The maximum Gasteiger partial charge on any atom is 0.340 e. The number of aromatic nitrogens is 1. The van der Waals surface area contributed by atoms with E-state index in [4.69, 9.17) is 4.74 Å².